The predicted molar refractivity (Wildman–Crippen MR) is 79.1 cm³/mol. The van der Waals surface area contributed by atoms with Gasteiger partial charge in [0.2, 0.25) is 5.91 Å². The average Bonchev–Trinajstić information content (AvgIpc) is 2.36. The first-order chi connectivity index (χ1) is 9.37. The molecule has 1 aliphatic heterocycles. The van der Waals surface area contributed by atoms with E-state index in [1.165, 1.54) is 0 Å². The molecule has 5 nitrogen and oxygen atoms in total. The first-order valence-electron chi connectivity index (χ1n) is 7.76. The summed E-state index contributed by atoms with van der Waals surface area (Å²) in [6.45, 7) is 8.01. The van der Waals surface area contributed by atoms with Crippen molar-refractivity contribution >= 4 is 5.91 Å². The Morgan fingerprint density at radius 3 is 2.80 bits per heavy atom. The molecule has 1 fully saturated rings. The molecular formula is C15H30N2O3. The van der Waals surface area contributed by atoms with Gasteiger partial charge in [0.1, 0.15) is 0 Å². The van der Waals surface area contributed by atoms with E-state index in [1.54, 1.807) is 0 Å². The summed E-state index contributed by atoms with van der Waals surface area (Å²) in [6, 6.07) is 0.159. The summed E-state index contributed by atoms with van der Waals surface area (Å²) in [5, 5.41) is 14.5. The van der Waals surface area contributed by atoms with Crippen molar-refractivity contribution in [2.45, 2.75) is 70.9 Å². The minimum Gasteiger partial charge on any atom is -0.390 e. The van der Waals surface area contributed by atoms with E-state index in [0.29, 0.717) is 13.0 Å². The molecule has 118 valence electrons. The number of hydroxylamine groups is 2. The molecule has 0 spiro atoms. The van der Waals surface area contributed by atoms with Crippen LogP contribution in [0.4, 0.5) is 0 Å². The quantitative estimate of drug-likeness (QED) is 0.715. The van der Waals surface area contributed by atoms with Gasteiger partial charge in [-0.25, -0.2) is 0 Å². The van der Waals surface area contributed by atoms with Gasteiger partial charge in [-0.1, -0.05) is 0 Å². The average molecular weight is 286 g/mol. The van der Waals surface area contributed by atoms with Crippen LogP contribution in [0.1, 0.15) is 59.3 Å². The number of rotatable bonds is 8. The molecule has 0 aromatic rings. The molecule has 20 heavy (non-hydrogen) atoms. The van der Waals surface area contributed by atoms with Gasteiger partial charge in [0.05, 0.1) is 12.2 Å². The third-order valence-electron chi connectivity index (χ3n) is 3.50. The van der Waals surface area contributed by atoms with Crippen LogP contribution in [-0.4, -0.2) is 47.4 Å². The van der Waals surface area contributed by atoms with E-state index in [0.717, 1.165) is 45.3 Å². The van der Waals surface area contributed by atoms with Gasteiger partial charge in [0, 0.05) is 25.6 Å². The Balaban J connectivity index is 2.08. The van der Waals surface area contributed by atoms with Crippen molar-refractivity contribution in [1.82, 2.24) is 10.4 Å². The van der Waals surface area contributed by atoms with Gasteiger partial charge in [0.25, 0.3) is 0 Å². The molecule has 1 heterocycles. The number of hydrogen-bond donors (Lipinski definition) is 2. The Bertz CT molecular complexity index is 283. The minimum absolute atomic E-state index is 0.0786. The van der Waals surface area contributed by atoms with Gasteiger partial charge in [-0.15, -0.1) is 0 Å². The predicted octanol–water partition coefficient (Wildman–Crippen LogP) is 1.85. The Morgan fingerprint density at radius 2 is 2.20 bits per heavy atom. The maximum atomic E-state index is 11.8. The summed E-state index contributed by atoms with van der Waals surface area (Å²) in [4.78, 5) is 17.3. The molecule has 0 saturated carbocycles. The van der Waals surface area contributed by atoms with Crippen molar-refractivity contribution in [3.8, 4) is 0 Å². The lowest BCUT2D eigenvalue weighted by atomic mass is 10.00. The van der Waals surface area contributed by atoms with Gasteiger partial charge in [-0.05, 0) is 52.9 Å². The molecule has 0 aliphatic carbocycles. The van der Waals surface area contributed by atoms with Crippen LogP contribution in [0.25, 0.3) is 0 Å². The summed E-state index contributed by atoms with van der Waals surface area (Å²) in [5.41, 5.74) is -0.616. The zero-order valence-corrected chi connectivity index (χ0v) is 13.2. The fourth-order valence-electron chi connectivity index (χ4n) is 2.31. The molecule has 1 atom stereocenters. The summed E-state index contributed by atoms with van der Waals surface area (Å²) in [5.74, 6) is 0.0786. The van der Waals surface area contributed by atoms with Crippen molar-refractivity contribution in [1.29, 1.82) is 0 Å². The molecule has 0 aromatic heterocycles. The number of aliphatic hydroxyl groups is 1. The molecule has 1 rings (SSSR count). The van der Waals surface area contributed by atoms with E-state index >= 15 is 0 Å². The van der Waals surface area contributed by atoms with Crippen molar-refractivity contribution in [2.24, 2.45) is 0 Å². The van der Waals surface area contributed by atoms with Crippen LogP contribution < -0.4 is 5.32 Å². The van der Waals surface area contributed by atoms with E-state index in [-0.39, 0.29) is 11.9 Å². The first-order valence-corrected chi connectivity index (χ1v) is 7.76. The van der Waals surface area contributed by atoms with Crippen LogP contribution in [0.3, 0.4) is 0 Å². The highest BCUT2D eigenvalue weighted by Gasteiger charge is 2.15. The third kappa shape index (κ3) is 8.51. The maximum absolute atomic E-state index is 11.8. The van der Waals surface area contributed by atoms with Gasteiger partial charge in [0.15, 0.2) is 0 Å². The van der Waals surface area contributed by atoms with Crippen molar-refractivity contribution in [3.63, 3.8) is 0 Å². The molecule has 1 aliphatic rings. The number of hydrogen-bond acceptors (Lipinski definition) is 4. The zero-order valence-electron chi connectivity index (χ0n) is 13.2. The van der Waals surface area contributed by atoms with Crippen LogP contribution in [0.15, 0.2) is 0 Å². The van der Waals surface area contributed by atoms with Crippen molar-refractivity contribution < 1.29 is 14.7 Å². The summed E-state index contributed by atoms with van der Waals surface area (Å²) >= 11 is 0. The molecule has 0 unspecified atom stereocenters. The molecule has 0 radical (unpaired) electrons. The summed E-state index contributed by atoms with van der Waals surface area (Å²) < 4.78 is 0. The van der Waals surface area contributed by atoms with Crippen LogP contribution >= 0.6 is 0 Å². The van der Waals surface area contributed by atoms with Crippen LogP contribution in [-0.2, 0) is 9.63 Å². The fourth-order valence-corrected chi connectivity index (χ4v) is 2.31. The molecule has 0 bridgehead atoms. The van der Waals surface area contributed by atoms with E-state index in [2.05, 4.69) is 5.32 Å². The van der Waals surface area contributed by atoms with Gasteiger partial charge < -0.3 is 10.4 Å². The smallest absolute Gasteiger partial charge is 0.221 e. The van der Waals surface area contributed by atoms with Crippen molar-refractivity contribution in [2.75, 3.05) is 19.7 Å². The molecular weight excluding hydrogens is 256 g/mol. The Morgan fingerprint density at radius 1 is 1.45 bits per heavy atom. The molecule has 0 aromatic carbocycles. The highest BCUT2D eigenvalue weighted by atomic mass is 16.7. The largest absolute Gasteiger partial charge is 0.390 e. The van der Waals surface area contributed by atoms with Crippen molar-refractivity contribution in [3.05, 3.63) is 0 Å². The van der Waals surface area contributed by atoms with E-state index in [1.807, 2.05) is 25.8 Å². The second kappa shape index (κ2) is 8.60. The molecule has 1 saturated heterocycles. The Labute approximate surface area is 122 Å². The van der Waals surface area contributed by atoms with Gasteiger partial charge >= 0.3 is 0 Å². The fraction of sp³-hybridized carbons (Fsp3) is 0.933. The Hall–Kier alpha value is -0.650. The van der Waals surface area contributed by atoms with Crippen LogP contribution in [0.2, 0.25) is 0 Å². The lowest BCUT2D eigenvalue weighted by Crippen LogP contribution is -2.37. The number of carbonyl (C=O) groups excluding carboxylic acids is 1. The highest BCUT2D eigenvalue weighted by molar-refractivity contribution is 5.76. The third-order valence-corrected chi connectivity index (χ3v) is 3.50. The van der Waals surface area contributed by atoms with E-state index in [4.69, 9.17) is 4.84 Å². The number of nitrogens with zero attached hydrogens (tertiary/aromatic N) is 1. The topological polar surface area (TPSA) is 61.8 Å². The maximum Gasteiger partial charge on any atom is 0.221 e. The Kier molecular flexibility index (Phi) is 7.48. The highest BCUT2D eigenvalue weighted by Crippen LogP contribution is 2.13. The zero-order chi connectivity index (χ0) is 15.0. The normalized spacial score (nSPS) is 18.8. The lowest BCUT2D eigenvalue weighted by molar-refractivity contribution is -0.181. The van der Waals surface area contributed by atoms with Gasteiger partial charge in [-0.3, -0.25) is 9.63 Å². The second-order valence-electron chi connectivity index (χ2n) is 6.39. The van der Waals surface area contributed by atoms with E-state index in [9.17, 15) is 9.90 Å². The number of nitrogens with one attached hydrogen (secondary N) is 1. The number of carbonyl (C=O) groups is 1. The second-order valence-corrected chi connectivity index (χ2v) is 6.39. The van der Waals surface area contributed by atoms with E-state index < -0.39 is 5.60 Å². The van der Waals surface area contributed by atoms with Gasteiger partial charge in [-0.2, -0.15) is 5.06 Å². The molecule has 2 N–H and O–H groups in total. The summed E-state index contributed by atoms with van der Waals surface area (Å²) in [6.07, 6.45) is 5.32. The minimum atomic E-state index is -0.616. The van der Waals surface area contributed by atoms with Crippen LogP contribution in [0, 0.1) is 0 Å². The number of amides is 1. The first kappa shape index (κ1) is 17.4. The standard InChI is InChI=1S/C15H30N2O3/c1-13(7-6-9-15(2,3)19)16-14(18)8-11-17-10-4-5-12-20-17/h13,19H,4-12H2,1-3H3,(H,16,18)/t13-/m0/s1. The monoisotopic (exact) mass is 286 g/mol. The van der Waals surface area contributed by atoms with Crippen LogP contribution in [0.5, 0.6) is 0 Å². The molecule has 1 amide bonds. The lowest BCUT2D eigenvalue weighted by Gasteiger charge is -2.26. The molecule has 5 heteroatoms. The SMILES string of the molecule is C[C@@H](CCCC(C)(C)O)NC(=O)CCN1CCCCO1. The summed E-state index contributed by atoms with van der Waals surface area (Å²) in [7, 11) is 0.